The smallest absolute Gasteiger partial charge is 0.228 e. The summed E-state index contributed by atoms with van der Waals surface area (Å²) in [5.41, 5.74) is 0. The molecule has 2 heterocycles. The predicted molar refractivity (Wildman–Crippen MR) is 61.0 cm³/mol. The predicted octanol–water partition coefficient (Wildman–Crippen LogP) is 0.683. The molecule has 0 spiro atoms. The van der Waals surface area contributed by atoms with E-state index >= 15 is 0 Å². The molecule has 5 heteroatoms. The summed E-state index contributed by atoms with van der Waals surface area (Å²) >= 11 is 0. The van der Waals surface area contributed by atoms with Crippen molar-refractivity contribution >= 4 is 11.8 Å². The third-order valence-electron chi connectivity index (χ3n) is 2.89. The summed E-state index contributed by atoms with van der Waals surface area (Å²) < 4.78 is 5.41. The third-order valence-corrected chi connectivity index (χ3v) is 2.89. The van der Waals surface area contributed by atoms with Gasteiger partial charge < -0.3 is 14.6 Å². The Labute approximate surface area is 99.8 Å². The molecule has 0 bridgehead atoms. The largest absolute Gasteiger partial charge is 0.464 e. The van der Waals surface area contributed by atoms with Gasteiger partial charge in [-0.1, -0.05) is 0 Å². The van der Waals surface area contributed by atoms with E-state index in [2.05, 4.69) is 5.32 Å². The van der Waals surface area contributed by atoms with Crippen molar-refractivity contribution in [1.82, 2.24) is 10.2 Å². The van der Waals surface area contributed by atoms with E-state index < -0.39 is 0 Å². The van der Waals surface area contributed by atoms with E-state index in [1.54, 1.807) is 11.9 Å². The number of rotatable bonds is 3. The van der Waals surface area contributed by atoms with Gasteiger partial charge in [0.1, 0.15) is 11.5 Å². The van der Waals surface area contributed by atoms with Gasteiger partial charge >= 0.3 is 0 Å². The fourth-order valence-corrected chi connectivity index (χ4v) is 1.97. The SMILES string of the molecule is Cc1ccc(CN(C)C(=O)C2CNC(=O)C2)o1. The van der Waals surface area contributed by atoms with Gasteiger partial charge in [-0.15, -0.1) is 0 Å². The average molecular weight is 236 g/mol. The van der Waals surface area contributed by atoms with Crippen LogP contribution in [0, 0.1) is 12.8 Å². The van der Waals surface area contributed by atoms with Crippen LogP contribution >= 0.6 is 0 Å². The first-order valence-corrected chi connectivity index (χ1v) is 5.63. The van der Waals surface area contributed by atoms with Crippen LogP contribution in [0.4, 0.5) is 0 Å². The Bertz CT molecular complexity index is 439. The number of nitrogens with zero attached hydrogens (tertiary/aromatic N) is 1. The lowest BCUT2D eigenvalue weighted by molar-refractivity contribution is -0.135. The van der Waals surface area contributed by atoms with E-state index in [0.717, 1.165) is 11.5 Å². The van der Waals surface area contributed by atoms with Crippen LogP contribution in [0.5, 0.6) is 0 Å². The van der Waals surface area contributed by atoms with Gasteiger partial charge in [-0.05, 0) is 19.1 Å². The maximum atomic E-state index is 12.0. The van der Waals surface area contributed by atoms with Gasteiger partial charge in [0.2, 0.25) is 11.8 Å². The van der Waals surface area contributed by atoms with Gasteiger partial charge in [-0.2, -0.15) is 0 Å². The Hall–Kier alpha value is -1.78. The highest BCUT2D eigenvalue weighted by molar-refractivity contribution is 5.89. The van der Waals surface area contributed by atoms with Gasteiger partial charge in [0.05, 0.1) is 12.5 Å². The number of hydrogen-bond acceptors (Lipinski definition) is 3. The van der Waals surface area contributed by atoms with Crippen LogP contribution in [0.3, 0.4) is 0 Å². The quantitative estimate of drug-likeness (QED) is 0.839. The minimum atomic E-state index is -0.233. The molecule has 0 radical (unpaired) electrons. The van der Waals surface area contributed by atoms with E-state index in [-0.39, 0.29) is 17.7 Å². The van der Waals surface area contributed by atoms with E-state index in [9.17, 15) is 9.59 Å². The number of amides is 2. The molecule has 0 saturated carbocycles. The van der Waals surface area contributed by atoms with Crippen LogP contribution in [-0.4, -0.2) is 30.3 Å². The van der Waals surface area contributed by atoms with Crippen molar-refractivity contribution in [1.29, 1.82) is 0 Å². The second-order valence-electron chi connectivity index (χ2n) is 4.41. The minimum absolute atomic E-state index is 0.0163. The molecule has 92 valence electrons. The average Bonchev–Trinajstić information content (AvgIpc) is 2.87. The third kappa shape index (κ3) is 2.67. The van der Waals surface area contributed by atoms with Crippen molar-refractivity contribution in [3.63, 3.8) is 0 Å². The van der Waals surface area contributed by atoms with Crippen LogP contribution in [-0.2, 0) is 16.1 Å². The zero-order chi connectivity index (χ0) is 12.4. The van der Waals surface area contributed by atoms with Crippen LogP contribution in [0.15, 0.2) is 16.5 Å². The van der Waals surface area contributed by atoms with Crippen LogP contribution in [0.25, 0.3) is 0 Å². The molecule has 0 aliphatic carbocycles. The van der Waals surface area contributed by atoms with Crippen LogP contribution in [0.1, 0.15) is 17.9 Å². The number of aryl methyl sites for hydroxylation is 1. The second-order valence-corrected chi connectivity index (χ2v) is 4.41. The van der Waals surface area contributed by atoms with Gasteiger partial charge in [0, 0.05) is 20.0 Å². The molecule has 1 saturated heterocycles. The van der Waals surface area contributed by atoms with Crippen molar-refractivity contribution in [2.75, 3.05) is 13.6 Å². The number of furan rings is 1. The van der Waals surface area contributed by atoms with Crippen LogP contribution in [0.2, 0.25) is 0 Å². The lowest BCUT2D eigenvalue weighted by atomic mass is 10.1. The van der Waals surface area contributed by atoms with Gasteiger partial charge in [-0.25, -0.2) is 0 Å². The Morgan fingerprint density at radius 3 is 2.88 bits per heavy atom. The molecule has 17 heavy (non-hydrogen) atoms. The highest BCUT2D eigenvalue weighted by Crippen LogP contribution is 2.15. The van der Waals surface area contributed by atoms with E-state index in [1.165, 1.54) is 0 Å². The van der Waals surface area contributed by atoms with Crippen molar-refractivity contribution in [3.8, 4) is 0 Å². The molecule has 2 amide bonds. The number of hydrogen-bond donors (Lipinski definition) is 1. The molecular formula is C12H16N2O3. The van der Waals surface area contributed by atoms with Gasteiger partial charge in [0.15, 0.2) is 0 Å². The first-order chi connectivity index (χ1) is 8.06. The molecule has 1 fully saturated rings. The van der Waals surface area contributed by atoms with E-state index in [0.29, 0.717) is 19.5 Å². The Kier molecular flexibility index (Phi) is 3.17. The topological polar surface area (TPSA) is 62.6 Å². The molecule has 1 aromatic rings. The first kappa shape index (κ1) is 11.7. The van der Waals surface area contributed by atoms with Gasteiger partial charge in [0.25, 0.3) is 0 Å². The highest BCUT2D eigenvalue weighted by Gasteiger charge is 2.30. The van der Waals surface area contributed by atoms with E-state index in [4.69, 9.17) is 4.42 Å². The summed E-state index contributed by atoms with van der Waals surface area (Å²) in [4.78, 5) is 24.6. The lowest BCUT2D eigenvalue weighted by Crippen LogP contribution is -2.33. The Morgan fingerprint density at radius 1 is 1.59 bits per heavy atom. The molecule has 1 aromatic heterocycles. The summed E-state index contributed by atoms with van der Waals surface area (Å²) in [7, 11) is 1.73. The molecule has 1 N–H and O–H groups in total. The molecule has 0 aromatic carbocycles. The van der Waals surface area contributed by atoms with Crippen molar-refractivity contribution in [3.05, 3.63) is 23.7 Å². The maximum absolute atomic E-state index is 12.0. The molecule has 1 aliphatic rings. The molecule has 1 unspecified atom stereocenters. The monoisotopic (exact) mass is 236 g/mol. The number of nitrogens with one attached hydrogen (secondary N) is 1. The summed E-state index contributed by atoms with van der Waals surface area (Å²) in [5, 5.41) is 2.66. The maximum Gasteiger partial charge on any atom is 0.228 e. The van der Waals surface area contributed by atoms with Crippen molar-refractivity contribution < 1.29 is 14.0 Å². The van der Waals surface area contributed by atoms with Gasteiger partial charge in [-0.3, -0.25) is 9.59 Å². The summed E-state index contributed by atoms with van der Waals surface area (Å²) in [5.74, 6) is 1.29. The molecule has 5 nitrogen and oxygen atoms in total. The minimum Gasteiger partial charge on any atom is -0.464 e. The number of carbonyl (C=O) groups excluding carboxylic acids is 2. The standard InChI is InChI=1S/C12H16N2O3/c1-8-3-4-10(17-8)7-14(2)12(16)9-5-11(15)13-6-9/h3-4,9H,5-7H2,1-2H3,(H,13,15). The normalized spacial score (nSPS) is 19.2. The van der Waals surface area contributed by atoms with Crippen molar-refractivity contribution in [2.45, 2.75) is 19.9 Å². The molecule has 1 aliphatic heterocycles. The second kappa shape index (κ2) is 4.61. The zero-order valence-electron chi connectivity index (χ0n) is 10.0. The molecule has 2 rings (SSSR count). The summed E-state index contributed by atoms with van der Waals surface area (Å²) in [6.07, 6.45) is 0.292. The van der Waals surface area contributed by atoms with Crippen LogP contribution < -0.4 is 5.32 Å². The Balaban J connectivity index is 1.93. The molecular weight excluding hydrogens is 220 g/mol. The molecule has 1 atom stereocenters. The summed E-state index contributed by atoms with van der Waals surface area (Å²) in [6.45, 7) is 2.75. The van der Waals surface area contributed by atoms with Crippen molar-refractivity contribution in [2.24, 2.45) is 5.92 Å². The van der Waals surface area contributed by atoms with E-state index in [1.807, 2.05) is 19.1 Å². The Morgan fingerprint density at radius 2 is 2.35 bits per heavy atom. The lowest BCUT2D eigenvalue weighted by Gasteiger charge is -2.18. The fourth-order valence-electron chi connectivity index (χ4n) is 1.97. The number of carbonyl (C=O) groups is 2. The fraction of sp³-hybridized carbons (Fsp3) is 0.500. The highest BCUT2D eigenvalue weighted by atomic mass is 16.3. The zero-order valence-corrected chi connectivity index (χ0v) is 10.0. The summed E-state index contributed by atoms with van der Waals surface area (Å²) in [6, 6.07) is 3.73. The first-order valence-electron chi connectivity index (χ1n) is 5.63.